The van der Waals surface area contributed by atoms with Crippen LogP contribution in [0.15, 0.2) is 24.3 Å². The van der Waals surface area contributed by atoms with E-state index in [9.17, 15) is 0 Å². The van der Waals surface area contributed by atoms with Crippen LogP contribution in [-0.2, 0) is 6.54 Å². The fraction of sp³-hybridized carbons (Fsp3) is 0.647. The van der Waals surface area contributed by atoms with Gasteiger partial charge in [-0.1, -0.05) is 39.8 Å². The summed E-state index contributed by atoms with van der Waals surface area (Å²) < 4.78 is 5.18. The largest absolute Gasteiger partial charge is 0.497 e. The van der Waals surface area contributed by atoms with Crippen LogP contribution >= 0.6 is 0 Å². The standard InChI is InChI=1S/C17H29NO/c1-13(2)10-16(11-14(3)4)18-12-15-6-8-17(19-5)9-7-15/h6-9,13-14,16,18H,10-12H2,1-5H3. The van der Waals surface area contributed by atoms with E-state index >= 15 is 0 Å². The molecule has 1 N–H and O–H groups in total. The first-order valence-corrected chi connectivity index (χ1v) is 7.37. The van der Waals surface area contributed by atoms with Crippen molar-refractivity contribution >= 4 is 0 Å². The van der Waals surface area contributed by atoms with E-state index in [0.717, 1.165) is 24.1 Å². The minimum Gasteiger partial charge on any atom is -0.497 e. The van der Waals surface area contributed by atoms with E-state index < -0.39 is 0 Å². The first-order valence-electron chi connectivity index (χ1n) is 7.37. The summed E-state index contributed by atoms with van der Waals surface area (Å²) in [7, 11) is 1.70. The molecule has 0 unspecified atom stereocenters. The molecule has 1 rings (SSSR count). The number of hydrogen-bond donors (Lipinski definition) is 1. The highest BCUT2D eigenvalue weighted by Crippen LogP contribution is 2.15. The molecule has 1 aromatic carbocycles. The van der Waals surface area contributed by atoms with Crippen molar-refractivity contribution < 1.29 is 4.74 Å². The van der Waals surface area contributed by atoms with Crippen LogP contribution in [0.1, 0.15) is 46.1 Å². The SMILES string of the molecule is COc1ccc(CNC(CC(C)C)CC(C)C)cc1. The molecule has 2 nitrogen and oxygen atoms in total. The van der Waals surface area contributed by atoms with Crippen LogP contribution in [0.25, 0.3) is 0 Å². The average molecular weight is 263 g/mol. The summed E-state index contributed by atoms with van der Waals surface area (Å²) in [6.45, 7) is 10.1. The lowest BCUT2D eigenvalue weighted by molar-refractivity contribution is 0.358. The zero-order valence-corrected chi connectivity index (χ0v) is 13.1. The van der Waals surface area contributed by atoms with Crippen LogP contribution < -0.4 is 10.1 Å². The van der Waals surface area contributed by atoms with Gasteiger partial charge in [-0.3, -0.25) is 0 Å². The Hall–Kier alpha value is -1.02. The van der Waals surface area contributed by atoms with Gasteiger partial charge < -0.3 is 10.1 Å². The van der Waals surface area contributed by atoms with Crippen molar-refractivity contribution in [2.45, 2.75) is 53.1 Å². The van der Waals surface area contributed by atoms with Gasteiger partial charge in [-0.15, -0.1) is 0 Å². The molecule has 0 bridgehead atoms. The molecule has 2 heteroatoms. The lowest BCUT2D eigenvalue weighted by Gasteiger charge is -2.22. The predicted octanol–water partition coefficient (Wildman–Crippen LogP) is 4.25. The Kier molecular flexibility index (Phi) is 6.93. The lowest BCUT2D eigenvalue weighted by atomic mass is 9.95. The minimum absolute atomic E-state index is 0.613. The van der Waals surface area contributed by atoms with E-state index in [-0.39, 0.29) is 0 Å². The molecule has 0 saturated carbocycles. The second-order valence-corrected chi connectivity index (χ2v) is 6.18. The van der Waals surface area contributed by atoms with Crippen molar-refractivity contribution in [3.05, 3.63) is 29.8 Å². The van der Waals surface area contributed by atoms with Crippen molar-refractivity contribution in [2.75, 3.05) is 7.11 Å². The van der Waals surface area contributed by atoms with E-state index in [4.69, 9.17) is 4.74 Å². The normalized spacial score (nSPS) is 11.6. The van der Waals surface area contributed by atoms with Gasteiger partial charge in [0.2, 0.25) is 0 Å². The average Bonchev–Trinajstić information content (AvgIpc) is 2.35. The smallest absolute Gasteiger partial charge is 0.118 e. The molecule has 0 aliphatic rings. The predicted molar refractivity (Wildman–Crippen MR) is 82.5 cm³/mol. The molecule has 1 aromatic rings. The summed E-state index contributed by atoms with van der Waals surface area (Å²) in [5.74, 6) is 2.41. The number of nitrogens with one attached hydrogen (secondary N) is 1. The molecule has 0 amide bonds. The number of rotatable bonds is 8. The van der Waals surface area contributed by atoms with E-state index in [1.165, 1.54) is 18.4 Å². The summed E-state index contributed by atoms with van der Waals surface area (Å²) in [6.07, 6.45) is 2.49. The topological polar surface area (TPSA) is 21.3 Å². The zero-order chi connectivity index (χ0) is 14.3. The molecule has 0 saturated heterocycles. The Morgan fingerprint density at radius 1 is 0.947 bits per heavy atom. The minimum atomic E-state index is 0.613. The van der Waals surface area contributed by atoms with E-state index in [2.05, 4.69) is 45.1 Å². The van der Waals surface area contributed by atoms with Gasteiger partial charge in [0.25, 0.3) is 0 Å². The highest BCUT2D eigenvalue weighted by molar-refractivity contribution is 5.27. The molecule has 0 aromatic heterocycles. The van der Waals surface area contributed by atoms with Gasteiger partial charge in [0.15, 0.2) is 0 Å². The van der Waals surface area contributed by atoms with E-state index in [0.29, 0.717) is 6.04 Å². The second kappa shape index (κ2) is 8.21. The van der Waals surface area contributed by atoms with Crippen LogP contribution in [0.2, 0.25) is 0 Å². The summed E-state index contributed by atoms with van der Waals surface area (Å²) in [5, 5.41) is 3.70. The molecule has 0 spiro atoms. The zero-order valence-electron chi connectivity index (χ0n) is 13.1. The third-order valence-corrected chi connectivity index (χ3v) is 3.27. The van der Waals surface area contributed by atoms with Crippen LogP contribution in [-0.4, -0.2) is 13.2 Å². The van der Waals surface area contributed by atoms with Crippen LogP contribution in [0.4, 0.5) is 0 Å². The van der Waals surface area contributed by atoms with Crippen molar-refractivity contribution in [1.82, 2.24) is 5.32 Å². The van der Waals surface area contributed by atoms with Crippen molar-refractivity contribution in [2.24, 2.45) is 11.8 Å². The van der Waals surface area contributed by atoms with E-state index in [1.54, 1.807) is 7.11 Å². The molecule has 0 aliphatic heterocycles. The number of methoxy groups -OCH3 is 1. The Labute approximate surface area is 118 Å². The molecule has 0 radical (unpaired) electrons. The molecular weight excluding hydrogens is 234 g/mol. The summed E-state index contributed by atoms with van der Waals surface area (Å²) in [4.78, 5) is 0. The first kappa shape index (κ1) is 16.0. The van der Waals surface area contributed by atoms with Gasteiger partial charge in [-0.2, -0.15) is 0 Å². The summed E-state index contributed by atoms with van der Waals surface area (Å²) >= 11 is 0. The molecule has 108 valence electrons. The summed E-state index contributed by atoms with van der Waals surface area (Å²) in [6, 6.07) is 8.93. The number of hydrogen-bond acceptors (Lipinski definition) is 2. The van der Waals surface area contributed by atoms with E-state index in [1.807, 2.05) is 12.1 Å². The fourth-order valence-electron chi connectivity index (χ4n) is 2.41. The third kappa shape index (κ3) is 6.63. The van der Waals surface area contributed by atoms with Gasteiger partial charge in [0, 0.05) is 12.6 Å². The summed E-state index contributed by atoms with van der Waals surface area (Å²) in [5.41, 5.74) is 1.32. The van der Waals surface area contributed by atoms with Gasteiger partial charge in [-0.25, -0.2) is 0 Å². The second-order valence-electron chi connectivity index (χ2n) is 6.18. The van der Waals surface area contributed by atoms with Crippen LogP contribution in [0.3, 0.4) is 0 Å². The van der Waals surface area contributed by atoms with Crippen molar-refractivity contribution in [1.29, 1.82) is 0 Å². The lowest BCUT2D eigenvalue weighted by Crippen LogP contribution is -2.31. The Morgan fingerprint density at radius 3 is 1.89 bits per heavy atom. The molecule has 0 heterocycles. The van der Waals surface area contributed by atoms with Gasteiger partial charge in [0.05, 0.1) is 7.11 Å². The number of benzene rings is 1. The Bertz CT molecular complexity index is 333. The maximum atomic E-state index is 5.18. The third-order valence-electron chi connectivity index (χ3n) is 3.27. The molecule has 0 fully saturated rings. The monoisotopic (exact) mass is 263 g/mol. The number of ether oxygens (including phenoxy) is 1. The Morgan fingerprint density at radius 2 is 1.47 bits per heavy atom. The first-order chi connectivity index (χ1) is 9.01. The maximum Gasteiger partial charge on any atom is 0.118 e. The van der Waals surface area contributed by atoms with Crippen molar-refractivity contribution in [3.8, 4) is 5.75 Å². The molecule has 19 heavy (non-hydrogen) atoms. The van der Waals surface area contributed by atoms with Crippen LogP contribution in [0, 0.1) is 11.8 Å². The highest BCUT2D eigenvalue weighted by atomic mass is 16.5. The highest BCUT2D eigenvalue weighted by Gasteiger charge is 2.12. The quantitative estimate of drug-likeness (QED) is 0.757. The van der Waals surface area contributed by atoms with Crippen molar-refractivity contribution in [3.63, 3.8) is 0 Å². The Balaban J connectivity index is 2.49. The molecule has 0 aliphatic carbocycles. The van der Waals surface area contributed by atoms with Crippen LogP contribution in [0.5, 0.6) is 5.75 Å². The maximum absolute atomic E-state index is 5.18. The molecule has 0 atom stereocenters. The molecular formula is C17H29NO. The van der Waals surface area contributed by atoms with Gasteiger partial charge in [-0.05, 0) is 42.4 Å². The van der Waals surface area contributed by atoms with Gasteiger partial charge >= 0.3 is 0 Å². The fourth-order valence-corrected chi connectivity index (χ4v) is 2.41. The van der Waals surface area contributed by atoms with Gasteiger partial charge in [0.1, 0.15) is 5.75 Å².